The van der Waals surface area contributed by atoms with Crippen molar-refractivity contribution in [3.63, 3.8) is 0 Å². The molecule has 7 nitrogen and oxygen atoms in total. The molecule has 0 aliphatic heterocycles. The summed E-state index contributed by atoms with van der Waals surface area (Å²) in [7, 11) is 3.53. The first-order chi connectivity index (χ1) is 12.6. The molecule has 4 rings (SSSR count). The Morgan fingerprint density at radius 2 is 2.19 bits per heavy atom. The van der Waals surface area contributed by atoms with Crippen molar-refractivity contribution >= 4 is 16.8 Å². The summed E-state index contributed by atoms with van der Waals surface area (Å²) in [5.41, 5.74) is 1.58. The number of nitrogens with zero attached hydrogens (tertiary/aromatic N) is 4. The zero-order valence-electron chi connectivity index (χ0n) is 15.2. The molecule has 0 atom stereocenters. The van der Waals surface area contributed by atoms with Gasteiger partial charge < -0.3 is 18.7 Å². The van der Waals surface area contributed by atoms with Gasteiger partial charge in [0.15, 0.2) is 5.82 Å². The lowest BCUT2D eigenvalue weighted by Crippen LogP contribution is -2.32. The van der Waals surface area contributed by atoms with Crippen molar-refractivity contribution < 1.29 is 14.1 Å². The van der Waals surface area contributed by atoms with Gasteiger partial charge in [0.25, 0.3) is 5.91 Å². The minimum atomic E-state index is -0.0528. The van der Waals surface area contributed by atoms with Gasteiger partial charge in [-0.05, 0) is 38.0 Å². The van der Waals surface area contributed by atoms with Crippen LogP contribution in [0.3, 0.4) is 0 Å². The molecular formula is C19H22N4O3. The number of hydrogen-bond donors (Lipinski definition) is 0. The zero-order valence-corrected chi connectivity index (χ0v) is 15.2. The average molecular weight is 354 g/mol. The maximum Gasteiger partial charge on any atom is 0.270 e. The summed E-state index contributed by atoms with van der Waals surface area (Å²) in [5.74, 6) is 2.38. The number of benzene rings is 1. The average Bonchev–Trinajstić information content (AvgIpc) is 3.32. The van der Waals surface area contributed by atoms with Gasteiger partial charge in [0.1, 0.15) is 11.4 Å². The number of fused-ring (bicyclic) bond motifs is 1. The number of hydrogen-bond acceptors (Lipinski definition) is 5. The summed E-state index contributed by atoms with van der Waals surface area (Å²) in [6.07, 6.45) is 2.22. The highest BCUT2D eigenvalue weighted by Crippen LogP contribution is 2.38. The highest BCUT2D eigenvalue weighted by molar-refractivity contribution is 5.99. The quantitative estimate of drug-likeness (QED) is 0.680. The third-order valence-corrected chi connectivity index (χ3v) is 4.88. The van der Waals surface area contributed by atoms with E-state index in [9.17, 15) is 4.79 Å². The van der Waals surface area contributed by atoms with Gasteiger partial charge in [-0.2, -0.15) is 4.98 Å². The summed E-state index contributed by atoms with van der Waals surface area (Å²) in [5, 5.41) is 5.03. The summed E-state index contributed by atoms with van der Waals surface area (Å²) in [6.45, 7) is 2.86. The van der Waals surface area contributed by atoms with Gasteiger partial charge in [-0.1, -0.05) is 5.16 Å². The summed E-state index contributed by atoms with van der Waals surface area (Å²) >= 11 is 0. The minimum Gasteiger partial charge on any atom is -0.497 e. The van der Waals surface area contributed by atoms with Crippen LogP contribution in [0.1, 0.15) is 47.9 Å². The van der Waals surface area contributed by atoms with Crippen molar-refractivity contribution in [2.24, 2.45) is 7.05 Å². The van der Waals surface area contributed by atoms with E-state index in [2.05, 4.69) is 10.1 Å². The number of ether oxygens (including phenoxy) is 1. The molecule has 136 valence electrons. The fourth-order valence-corrected chi connectivity index (χ4v) is 3.13. The van der Waals surface area contributed by atoms with Crippen molar-refractivity contribution in [3.8, 4) is 5.75 Å². The first-order valence-electron chi connectivity index (χ1n) is 8.86. The monoisotopic (exact) mass is 354 g/mol. The predicted molar refractivity (Wildman–Crippen MR) is 96.2 cm³/mol. The lowest BCUT2D eigenvalue weighted by molar-refractivity contribution is 0.0738. The first kappa shape index (κ1) is 16.6. The Bertz CT molecular complexity index is 955. The van der Waals surface area contributed by atoms with E-state index in [0.717, 1.165) is 29.5 Å². The molecule has 2 heterocycles. The Morgan fingerprint density at radius 1 is 1.38 bits per heavy atom. The van der Waals surface area contributed by atoms with Gasteiger partial charge in [-0.25, -0.2) is 0 Å². The van der Waals surface area contributed by atoms with Crippen molar-refractivity contribution in [2.45, 2.75) is 32.2 Å². The van der Waals surface area contributed by atoms with Gasteiger partial charge in [0, 0.05) is 31.0 Å². The van der Waals surface area contributed by atoms with Crippen molar-refractivity contribution in [2.75, 3.05) is 13.7 Å². The van der Waals surface area contributed by atoms with E-state index in [1.54, 1.807) is 12.0 Å². The third-order valence-electron chi connectivity index (χ3n) is 4.88. The number of amides is 1. The lowest BCUT2D eigenvalue weighted by Gasteiger charge is -2.19. The van der Waals surface area contributed by atoms with Crippen molar-refractivity contribution in [1.29, 1.82) is 0 Å². The van der Waals surface area contributed by atoms with Crippen molar-refractivity contribution in [3.05, 3.63) is 41.7 Å². The molecule has 1 fully saturated rings. The van der Waals surface area contributed by atoms with Gasteiger partial charge in [0.05, 0.1) is 19.2 Å². The molecule has 1 amide bonds. The Kier molecular flexibility index (Phi) is 4.14. The second-order valence-electron chi connectivity index (χ2n) is 6.66. The van der Waals surface area contributed by atoms with Crippen LogP contribution in [-0.4, -0.2) is 39.2 Å². The fourth-order valence-electron chi connectivity index (χ4n) is 3.13. The van der Waals surface area contributed by atoms with Crippen LogP contribution in [-0.2, 0) is 13.6 Å². The maximum absolute atomic E-state index is 13.1. The SMILES string of the molecule is CCN(Cc1noc(C2CC2)n1)C(=O)c1cc2ccc(OC)cc2n1C. The predicted octanol–water partition coefficient (Wildman–Crippen LogP) is 3.11. The van der Waals surface area contributed by atoms with Crippen LogP contribution in [0.2, 0.25) is 0 Å². The summed E-state index contributed by atoms with van der Waals surface area (Å²) < 4.78 is 12.5. The number of rotatable bonds is 6. The third kappa shape index (κ3) is 2.94. The van der Waals surface area contributed by atoms with Crippen LogP contribution in [0.5, 0.6) is 5.75 Å². The van der Waals surface area contributed by atoms with Crippen LogP contribution < -0.4 is 4.74 Å². The second-order valence-corrected chi connectivity index (χ2v) is 6.66. The van der Waals surface area contributed by atoms with E-state index >= 15 is 0 Å². The van der Waals surface area contributed by atoms with E-state index in [4.69, 9.17) is 9.26 Å². The molecular weight excluding hydrogens is 332 g/mol. The highest BCUT2D eigenvalue weighted by Gasteiger charge is 2.30. The Balaban J connectivity index is 1.59. The van der Waals surface area contributed by atoms with E-state index in [1.165, 1.54) is 0 Å². The largest absolute Gasteiger partial charge is 0.497 e. The smallest absolute Gasteiger partial charge is 0.270 e. The molecule has 0 spiro atoms. The molecule has 0 N–H and O–H groups in total. The molecule has 1 aromatic carbocycles. The molecule has 1 aliphatic rings. The molecule has 1 saturated carbocycles. The van der Waals surface area contributed by atoms with Crippen LogP contribution in [0.4, 0.5) is 0 Å². The molecule has 26 heavy (non-hydrogen) atoms. The highest BCUT2D eigenvalue weighted by atomic mass is 16.5. The maximum atomic E-state index is 13.1. The summed E-state index contributed by atoms with van der Waals surface area (Å²) in [6, 6.07) is 7.70. The van der Waals surface area contributed by atoms with Crippen molar-refractivity contribution in [1.82, 2.24) is 19.6 Å². The van der Waals surface area contributed by atoms with Crippen LogP contribution in [0, 0.1) is 0 Å². The molecule has 0 saturated heterocycles. The zero-order chi connectivity index (χ0) is 18.3. The van der Waals surface area contributed by atoms with E-state index in [0.29, 0.717) is 36.4 Å². The van der Waals surface area contributed by atoms with E-state index in [1.807, 2.05) is 42.8 Å². The van der Waals surface area contributed by atoms with Crippen LogP contribution in [0.15, 0.2) is 28.8 Å². The minimum absolute atomic E-state index is 0.0528. The van der Waals surface area contributed by atoms with Gasteiger partial charge in [-0.15, -0.1) is 0 Å². The number of aromatic nitrogens is 3. The number of aryl methyl sites for hydroxylation is 1. The topological polar surface area (TPSA) is 73.4 Å². The molecule has 3 aromatic rings. The van der Waals surface area contributed by atoms with Gasteiger partial charge in [-0.3, -0.25) is 4.79 Å². The first-order valence-corrected chi connectivity index (χ1v) is 8.86. The Labute approximate surface area is 151 Å². The fraction of sp³-hybridized carbons (Fsp3) is 0.421. The van der Waals surface area contributed by atoms with Crippen LogP contribution in [0.25, 0.3) is 10.9 Å². The normalized spacial score (nSPS) is 14.0. The molecule has 7 heteroatoms. The van der Waals surface area contributed by atoms with Crippen LogP contribution >= 0.6 is 0 Å². The lowest BCUT2D eigenvalue weighted by atomic mass is 10.2. The molecule has 0 radical (unpaired) electrons. The molecule has 2 aromatic heterocycles. The van der Waals surface area contributed by atoms with E-state index in [-0.39, 0.29) is 5.91 Å². The number of carbonyl (C=O) groups excluding carboxylic acids is 1. The molecule has 0 bridgehead atoms. The second kappa shape index (κ2) is 6.48. The van der Waals surface area contributed by atoms with E-state index < -0.39 is 0 Å². The Hall–Kier alpha value is -2.83. The molecule has 0 unspecified atom stereocenters. The summed E-state index contributed by atoms with van der Waals surface area (Å²) in [4.78, 5) is 19.2. The number of carbonyl (C=O) groups is 1. The molecule has 1 aliphatic carbocycles. The Morgan fingerprint density at radius 3 is 2.88 bits per heavy atom. The number of methoxy groups -OCH3 is 1. The van der Waals surface area contributed by atoms with Gasteiger partial charge in [0.2, 0.25) is 5.89 Å². The van der Waals surface area contributed by atoms with Gasteiger partial charge >= 0.3 is 0 Å². The standard InChI is InChI=1S/C19H22N4O3/c1-4-23(11-17-20-18(26-21-17)12-5-6-12)19(24)16-9-13-7-8-14(25-3)10-15(13)22(16)2/h7-10,12H,4-6,11H2,1-3H3.